The molecule has 0 saturated carbocycles. The molecule has 2 rings (SSSR count). The number of hydrogen-bond acceptors (Lipinski definition) is 3. The molecule has 0 aliphatic carbocycles. The quantitative estimate of drug-likeness (QED) is 0.325. The molecule has 7 heteroatoms. The van der Waals surface area contributed by atoms with Gasteiger partial charge in [-0.05, 0) is 30.3 Å². The average molecular weight is 466 g/mol. The molecular formula is C13H8Br3NO3. The van der Waals surface area contributed by atoms with Crippen molar-refractivity contribution in [2.75, 3.05) is 0 Å². The van der Waals surface area contributed by atoms with Gasteiger partial charge in [-0.25, -0.2) is 0 Å². The topological polar surface area (TPSA) is 52.4 Å². The van der Waals surface area contributed by atoms with Crippen LogP contribution in [0.5, 0.6) is 11.5 Å². The number of nitro groups is 1. The van der Waals surface area contributed by atoms with Crippen LogP contribution < -0.4 is 4.74 Å². The van der Waals surface area contributed by atoms with E-state index in [0.717, 1.165) is 10.0 Å². The summed E-state index contributed by atoms with van der Waals surface area (Å²) in [7, 11) is 0. The Labute approximate surface area is 140 Å². The fraction of sp³-hybridized carbons (Fsp3) is 0.0769. The largest absolute Gasteiger partial charge is 0.450 e. The Morgan fingerprint density at radius 2 is 1.65 bits per heavy atom. The van der Waals surface area contributed by atoms with E-state index in [0.29, 0.717) is 15.6 Å². The zero-order valence-electron chi connectivity index (χ0n) is 9.98. The van der Waals surface area contributed by atoms with Gasteiger partial charge in [-0.3, -0.25) is 10.1 Å². The summed E-state index contributed by atoms with van der Waals surface area (Å²) in [6.45, 7) is 0. The first-order valence-electron chi connectivity index (χ1n) is 5.47. The minimum atomic E-state index is -0.466. The summed E-state index contributed by atoms with van der Waals surface area (Å²) in [6.07, 6.45) is 0. The maximum absolute atomic E-state index is 11.1. The molecular weight excluding hydrogens is 458 g/mol. The molecule has 104 valence electrons. The lowest BCUT2D eigenvalue weighted by molar-refractivity contribution is -0.385. The first-order valence-corrected chi connectivity index (χ1v) is 8.18. The van der Waals surface area contributed by atoms with Crippen molar-refractivity contribution >= 4 is 53.5 Å². The lowest BCUT2D eigenvalue weighted by Crippen LogP contribution is -1.95. The van der Waals surface area contributed by atoms with E-state index in [1.165, 1.54) is 6.07 Å². The highest BCUT2D eigenvalue weighted by Gasteiger charge is 2.17. The van der Waals surface area contributed by atoms with E-state index in [-0.39, 0.29) is 11.4 Å². The molecule has 20 heavy (non-hydrogen) atoms. The summed E-state index contributed by atoms with van der Waals surface area (Å²) < 4.78 is 7.24. The van der Waals surface area contributed by atoms with Crippen LogP contribution in [0.1, 0.15) is 5.56 Å². The van der Waals surface area contributed by atoms with Gasteiger partial charge >= 0.3 is 5.69 Å². The fourth-order valence-electron chi connectivity index (χ4n) is 1.59. The highest BCUT2D eigenvalue weighted by Crippen LogP contribution is 2.36. The van der Waals surface area contributed by atoms with Crippen LogP contribution in [0.15, 0.2) is 45.3 Å². The fourth-order valence-corrected chi connectivity index (χ4v) is 2.79. The molecule has 0 heterocycles. The predicted octanol–water partition coefficient (Wildman–Crippen LogP) is 5.81. The van der Waals surface area contributed by atoms with Gasteiger partial charge < -0.3 is 4.74 Å². The Morgan fingerprint density at radius 3 is 2.25 bits per heavy atom. The summed E-state index contributed by atoms with van der Waals surface area (Å²) in [5, 5.41) is 11.7. The molecule has 0 N–H and O–H groups in total. The molecule has 0 amide bonds. The van der Waals surface area contributed by atoms with E-state index >= 15 is 0 Å². The molecule has 0 spiro atoms. The second-order valence-electron chi connectivity index (χ2n) is 3.86. The Kier molecular flexibility index (Phi) is 5.17. The molecule has 0 atom stereocenters. The van der Waals surface area contributed by atoms with Gasteiger partial charge in [-0.15, -0.1) is 0 Å². The van der Waals surface area contributed by atoms with Gasteiger partial charge in [-0.2, -0.15) is 0 Å². The first kappa shape index (κ1) is 15.5. The van der Waals surface area contributed by atoms with Gasteiger partial charge in [0.05, 0.1) is 4.92 Å². The van der Waals surface area contributed by atoms with Gasteiger partial charge in [0.15, 0.2) is 0 Å². The van der Waals surface area contributed by atoms with Crippen LogP contribution in [0.25, 0.3) is 0 Å². The molecule has 2 aromatic rings. The number of rotatable bonds is 4. The van der Waals surface area contributed by atoms with Crippen LogP contribution in [0, 0.1) is 10.1 Å². The zero-order chi connectivity index (χ0) is 14.7. The van der Waals surface area contributed by atoms with Gasteiger partial charge in [0.25, 0.3) is 0 Å². The number of hydrogen-bond donors (Lipinski definition) is 0. The number of nitrogens with zero attached hydrogens (tertiary/aromatic N) is 1. The number of halogens is 3. The number of alkyl halides is 1. The van der Waals surface area contributed by atoms with E-state index in [4.69, 9.17) is 4.74 Å². The SMILES string of the molecule is O=[N+]([O-])c1cc(Br)ccc1Oc1ccc(Br)cc1CBr. The van der Waals surface area contributed by atoms with Crippen LogP contribution in [-0.2, 0) is 5.33 Å². The first-order chi connectivity index (χ1) is 9.51. The summed E-state index contributed by atoms with van der Waals surface area (Å²) in [4.78, 5) is 10.6. The van der Waals surface area contributed by atoms with E-state index in [1.807, 2.05) is 12.1 Å². The van der Waals surface area contributed by atoms with Crippen molar-refractivity contribution in [3.05, 3.63) is 61.0 Å². The smallest absolute Gasteiger partial charge is 0.312 e. The second kappa shape index (κ2) is 6.69. The molecule has 0 saturated heterocycles. The summed E-state index contributed by atoms with van der Waals surface area (Å²) >= 11 is 9.97. The second-order valence-corrected chi connectivity index (χ2v) is 6.25. The molecule has 0 bridgehead atoms. The van der Waals surface area contributed by atoms with Gasteiger partial charge in [0.1, 0.15) is 5.75 Å². The Balaban J connectivity index is 2.42. The van der Waals surface area contributed by atoms with Gasteiger partial charge in [0, 0.05) is 25.9 Å². The van der Waals surface area contributed by atoms with Crippen LogP contribution in [0.4, 0.5) is 5.69 Å². The molecule has 2 aromatic carbocycles. The summed E-state index contributed by atoms with van der Waals surface area (Å²) in [5.74, 6) is 0.790. The van der Waals surface area contributed by atoms with Crippen molar-refractivity contribution < 1.29 is 9.66 Å². The monoisotopic (exact) mass is 463 g/mol. The third-order valence-corrected chi connectivity index (χ3v) is 4.09. The molecule has 0 aliphatic rings. The molecule has 0 aromatic heterocycles. The minimum Gasteiger partial charge on any atom is -0.450 e. The number of ether oxygens (including phenoxy) is 1. The van der Waals surface area contributed by atoms with Crippen LogP contribution >= 0.6 is 47.8 Å². The van der Waals surface area contributed by atoms with Crippen molar-refractivity contribution in [3.63, 3.8) is 0 Å². The lowest BCUT2D eigenvalue weighted by Gasteiger charge is -2.10. The van der Waals surface area contributed by atoms with Crippen molar-refractivity contribution in [3.8, 4) is 11.5 Å². The predicted molar refractivity (Wildman–Crippen MR) is 87.6 cm³/mol. The minimum absolute atomic E-state index is 0.0807. The molecule has 4 nitrogen and oxygen atoms in total. The number of benzene rings is 2. The lowest BCUT2D eigenvalue weighted by atomic mass is 10.2. The molecule has 0 aliphatic heterocycles. The Bertz CT molecular complexity index is 661. The van der Waals surface area contributed by atoms with E-state index in [2.05, 4.69) is 47.8 Å². The zero-order valence-corrected chi connectivity index (χ0v) is 14.7. The van der Waals surface area contributed by atoms with E-state index in [9.17, 15) is 10.1 Å². The third kappa shape index (κ3) is 3.59. The molecule has 0 unspecified atom stereocenters. The molecule has 0 radical (unpaired) electrons. The van der Waals surface area contributed by atoms with E-state index < -0.39 is 4.92 Å². The van der Waals surface area contributed by atoms with Gasteiger partial charge in [0.2, 0.25) is 5.75 Å². The summed E-state index contributed by atoms with van der Waals surface area (Å²) in [6, 6.07) is 10.2. The Morgan fingerprint density at radius 1 is 1.05 bits per heavy atom. The summed E-state index contributed by atoms with van der Waals surface area (Å²) in [5.41, 5.74) is 0.819. The van der Waals surface area contributed by atoms with Crippen molar-refractivity contribution in [2.45, 2.75) is 5.33 Å². The van der Waals surface area contributed by atoms with Gasteiger partial charge in [-0.1, -0.05) is 47.8 Å². The van der Waals surface area contributed by atoms with Crippen molar-refractivity contribution in [1.29, 1.82) is 0 Å². The highest BCUT2D eigenvalue weighted by atomic mass is 79.9. The van der Waals surface area contributed by atoms with Crippen LogP contribution in [-0.4, -0.2) is 4.92 Å². The van der Waals surface area contributed by atoms with Crippen molar-refractivity contribution in [2.24, 2.45) is 0 Å². The molecule has 0 fully saturated rings. The number of nitro benzene ring substituents is 1. The normalized spacial score (nSPS) is 10.3. The van der Waals surface area contributed by atoms with E-state index in [1.54, 1.807) is 18.2 Å². The van der Waals surface area contributed by atoms with Crippen molar-refractivity contribution in [1.82, 2.24) is 0 Å². The maximum atomic E-state index is 11.1. The third-order valence-electron chi connectivity index (χ3n) is 2.50. The van der Waals surface area contributed by atoms with Crippen LogP contribution in [0.2, 0.25) is 0 Å². The maximum Gasteiger partial charge on any atom is 0.312 e. The Hall–Kier alpha value is -0.920. The standard InChI is InChI=1S/C13H8Br3NO3/c14-7-8-5-9(15)1-3-12(8)20-13-4-2-10(16)6-11(13)17(18)19/h1-6H,7H2. The highest BCUT2D eigenvalue weighted by molar-refractivity contribution is 9.10. The average Bonchev–Trinajstić information content (AvgIpc) is 2.42. The van der Waals surface area contributed by atoms with Crippen LogP contribution in [0.3, 0.4) is 0 Å².